The number of rotatable bonds is 5. The molecule has 2 rings (SSSR count). The molecule has 2 aliphatic rings. The fourth-order valence-corrected chi connectivity index (χ4v) is 5.01. The molecule has 2 nitrogen and oxygen atoms in total. The SMILES string of the molecule is CCCC1CCCC(O)(C2(CN)CCC(CC)C2)CC1. The molecule has 2 fully saturated rings. The van der Waals surface area contributed by atoms with Crippen LogP contribution < -0.4 is 5.73 Å². The van der Waals surface area contributed by atoms with Crippen LogP contribution in [0.5, 0.6) is 0 Å². The summed E-state index contributed by atoms with van der Waals surface area (Å²) in [6.45, 7) is 5.24. The highest BCUT2D eigenvalue weighted by Crippen LogP contribution is 2.54. The predicted molar refractivity (Wildman–Crippen MR) is 85.6 cm³/mol. The number of hydrogen-bond donors (Lipinski definition) is 2. The van der Waals surface area contributed by atoms with Gasteiger partial charge in [0.15, 0.2) is 0 Å². The highest BCUT2D eigenvalue weighted by Gasteiger charge is 2.52. The van der Waals surface area contributed by atoms with Crippen LogP contribution >= 0.6 is 0 Å². The van der Waals surface area contributed by atoms with E-state index < -0.39 is 5.60 Å². The zero-order valence-corrected chi connectivity index (χ0v) is 13.7. The summed E-state index contributed by atoms with van der Waals surface area (Å²) in [5.74, 6) is 1.63. The first-order valence-corrected chi connectivity index (χ1v) is 9.01. The Hall–Kier alpha value is -0.0800. The van der Waals surface area contributed by atoms with Crippen molar-refractivity contribution < 1.29 is 5.11 Å². The van der Waals surface area contributed by atoms with E-state index in [1.807, 2.05) is 0 Å². The maximum atomic E-state index is 11.4. The normalized spacial score (nSPS) is 42.6. The second-order valence-electron chi connectivity index (χ2n) is 7.62. The van der Waals surface area contributed by atoms with E-state index in [-0.39, 0.29) is 5.41 Å². The Kier molecular flexibility index (Phi) is 5.53. The van der Waals surface area contributed by atoms with Crippen LogP contribution in [0.2, 0.25) is 0 Å². The van der Waals surface area contributed by atoms with Gasteiger partial charge in [0.1, 0.15) is 0 Å². The van der Waals surface area contributed by atoms with Gasteiger partial charge in [-0.3, -0.25) is 0 Å². The lowest BCUT2D eigenvalue weighted by Gasteiger charge is -2.45. The van der Waals surface area contributed by atoms with E-state index in [4.69, 9.17) is 5.73 Å². The van der Waals surface area contributed by atoms with Crippen LogP contribution in [-0.2, 0) is 0 Å². The van der Waals surface area contributed by atoms with Crippen LogP contribution in [-0.4, -0.2) is 17.3 Å². The zero-order chi connectivity index (χ0) is 14.6. The molecule has 0 radical (unpaired) electrons. The lowest BCUT2D eigenvalue weighted by Crippen LogP contribution is -2.51. The molecule has 3 N–H and O–H groups in total. The van der Waals surface area contributed by atoms with Crippen molar-refractivity contribution in [1.29, 1.82) is 0 Å². The largest absolute Gasteiger partial charge is 0.389 e. The molecule has 0 aromatic heterocycles. The Labute approximate surface area is 125 Å². The number of aliphatic hydroxyl groups is 1. The maximum Gasteiger partial charge on any atom is 0.0716 e. The fraction of sp³-hybridized carbons (Fsp3) is 1.00. The molecule has 4 unspecified atom stereocenters. The highest BCUT2D eigenvalue weighted by atomic mass is 16.3. The van der Waals surface area contributed by atoms with Crippen LogP contribution in [0.15, 0.2) is 0 Å². The van der Waals surface area contributed by atoms with Gasteiger partial charge in [0, 0.05) is 12.0 Å². The molecule has 0 amide bonds. The van der Waals surface area contributed by atoms with Crippen LogP contribution in [0.3, 0.4) is 0 Å². The molecular weight excluding hydrogens is 246 g/mol. The van der Waals surface area contributed by atoms with Gasteiger partial charge >= 0.3 is 0 Å². The molecule has 2 heteroatoms. The molecule has 0 bridgehead atoms. The monoisotopic (exact) mass is 281 g/mol. The minimum atomic E-state index is -0.478. The lowest BCUT2D eigenvalue weighted by molar-refractivity contribution is -0.0917. The zero-order valence-electron chi connectivity index (χ0n) is 13.7. The van der Waals surface area contributed by atoms with Crippen LogP contribution in [0.25, 0.3) is 0 Å². The molecule has 0 aromatic carbocycles. The van der Waals surface area contributed by atoms with Gasteiger partial charge in [-0.15, -0.1) is 0 Å². The summed E-state index contributed by atoms with van der Waals surface area (Å²) in [5, 5.41) is 11.4. The molecule has 0 aromatic rings. The smallest absolute Gasteiger partial charge is 0.0716 e. The third-order valence-corrected chi connectivity index (χ3v) is 6.53. The summed E-state index contributed by atoms with van der Waals surface area (Å²) >= 11 is 0. The Bertz CT molecular complexity index is 306. The average Bonchev–Trinajstić information content (AvgIpc) is 2.81. The summed E-state index contributed by atoms with van der Waals surface area (Å²) in [4.78, 5) is 0. The van der Waals surface area contributed by atoms with Crippen molar-refractivity contribution in [3.8, 4) is 0 Å². The van der Waals surface area contributed by atoms with Crippen molar-refractivity contribution in [2.45, 2.75) is 90.1 Å². The van der Waals surface area contributed by atoms with Crippen molar-refractivity contribution in [3.05, 3.63) is 0 Å². The molecule has 0 spiro atoms. The predicted octanol–water partition coefficient (Wildman–Crippen LogP) is 4.25. The second-order valence-corrected chi connectivity index (χ2v) is 7.62. The van der Waals surface area contributed by atoms with Crippen molar-refractivity contribution in [3.63, 3.8) is 0 Å². The van der Waals surface area contributed by atoms with Crippen molar-refractivity contribution in [2.24, 2.45) is 23.0 Å². The van der Waals surface area contributed by atoms with Gasteiger partial charge in [-0.1, -0.05) is 46.0 Å². The fourth-order valence-electron chi connectivity index (χ4n) is 5.01. The standard InChI is InChI=1S/C18H35NO/c1-3-6-16-7-5-10-18(20,12-9-16)17(14-19)11-8-15(4-2)13-17/h15-16,20H,3-14,19H2,1-2H3. The lowest BCUT2D eigenvalue weighted by atomic mass is 9.66. The molecule has 20 heavy (non-hydrogen) atoms. The second kappa shape index (κ2) is 6.79. The van der Waals surface area contributed by atoms with Crippen molar-refractivity contribution in [2.75, 3.05) is 6.54 Å². The van der Waals surface area contributed by atoms with E-state index in [1.54, 1.807) is 0 Å². The summed E-state index contributed by atoms with van der Waals surface area (Å²) in [7, 11) is 0. The molecule has 0 saturated heterocycles. The Morgan fingerprint density at radius 2 is 1.80 bits per heavy atom. The average molecular weight is 281 g/mol. The molecule has 0 heterocycles. The minimum Gasteiger partial charge on any atom is -0.389 e. The quantitative estimate of drug-likeness (QED) is 0.740. The molecule has 2 saturated carbocycles. The van der Waals surface area contributed by atoms with E-state index in [1.165, 1.54) is 44.9 Å². The van der Waals surface area contributed by atoms with Gasteiger partial charge in [-0.2, -0.15) is 0 Å². The van der Waals surface area contributed by atoms with Gasteiger partial charge < -0.3 is 10.8 Å². The van der Waals surface area contributed by atoms with Crippen molar-refractivity contribution >= 4 is 0 Å². The Morgan fingerprint density at radius 3 is 2.40 bits per heavy atom. The van der Waals surface area contributed by atoms with Gasteiger partial charge in [-0.05, 0) is 50.4 Å². The number of nitrogens with two attached hydrogens (primary N) is 1. The van der Waals surface area contributed by atoms with E-state index in [9.17, 15) is 5.11 Å². The van der Waals surface area contributed by atoms with Crippen LogP contribution in [0.4, 0.5) is 0 Å². The summed E-state index contributed by atoms with van der Waals surface area (Å²) in [5.41, 5.74) is 5.73. The Balaban J connectivity index is 2.08. The minimum absolute atomic E-state index is 0.0226. The molecule has 118 valence electrons. The van der Waals surface area contributed by atoms with E-state index >= 15 is 0 Å². The van der Waals surface area contributed by atoms with Crippen LogP contribution in [0, 0.1) is 17.3 Å². The van der Waals surface area contributed by atoms with Crippen LogP contribution in [0.1, 0.15) is 84.5 Å². The highest BCUT2D eigenvalue weighted by molar-refractivity contribution is 5.04. The first kappa shape index (κ1) is 16.3. The number of hydrogen-bond acceptors (Lipinski definition) is 2. The van der Waals surface area contributed by atoms with Crippen molar-refractivity contribution in [1.82, 2.24) is 0 Å². The van der Waals surface area contributed by atoms with Gasteiger partial charge in [0.05, 0.1) is 5.60 Å². The summed E-state index contributed by atoms with van der Waals surface area (Å²) in [6, 6.07) is 0. The third-order valence-electron chi connectivity index (χ3n) is 6.53. The maximum absolute atomic E-state index is 11.4. The Morgan fingerprint density at radius 1 is 1.05 bits per heavy atom. The van der Waals surface area contributed by atoms with Gasteiger partial charge in [0.2, 0.25) is 0 Å². The molecule has 4 atom stereocenters. The molecule has 2 aliphatic carbocycles. The summed E-state index contributed by atoms with van der Waals surface area (Å²) < 4.78 is 0. The third kappa shape index (κ3) is 3.06. The van der Waals surface area contributed by atoms with Gasteiger partial charge in [0.25, 0.3) is 0 Å². The van der Waals surface area contributed by atoms with E-state index in [2.05, 4.69) is 13.8 Å². The first-order valence-electron chi connectivity index (χ1n) is 9.01. The summed E-state index contributed by atoms with van der Waals surface area (Å²) in [6.07, 6.45) is 13.1. The molecule has 0 aliphatic heterocycles. The van der Waals surface area contributed by atoms with Gasteiger partial charge in [-0.25, -0.2) is 0 Å². The first-order chi connectivity index (χ1) is 9.59. The molecular formula is C18H35NO. The van der Waals surface area contributed by atoms with E-state index in [0.717, 1.165) is 37.5 Å². The topological polar surface area (TPSA) is 46.2 Å². The van der Waals surface area contributed by atoms with E-state index in [0.29, 0.717) is 6.54 Å².